The lowest BCUT2D eigenvalue weighted by Crippen LogP contribution is -2.44. The van der Waals surface area contributed by atoms with Gasteiger partial charge in [0, 0.05) is 49.4 Å². The molecule has 3 aromatic rings. The van der Waals surface area contributed by atoms with Crippen LogP contribution in [0.4, 0.5) is 0 Å². The number of carbonyl (C=O) groups is 1. The van der Waals surface area contributed by atoms with Gasteiger partial charge in [-0.1, -0.05) is 23.2 Å². The van der Waals surface area contributed by atoms with Gasteiger partial charge in [0.1, 0.15) is 5.15 Å². The van der Waals surface area contributed by atoms with Crippen LogP contribution >= 0.6 is 34.5 Å². The quantitative estimate of drug-likeness (QED) is 0.480. The number of fused-ring (bicyclic) bond motifs is 1. The Morgan fingerprint density at radius 2 is 1.88 bits per heavy atom. The summed E-state index contributed by atoms with van der Waals surface area (Å²) in [7, 11) is -2.32. The molecular formula is C20H21Cl2N5O4S2. The normalized spacial score (nSPS) is 18.9. The van der Waals surface area contributed by atoms with Crippen molar-refractivity contribution in [2.24, 2.45) is 5.41 Å². The van der Waals surface area contributed by atoms with E-state index in [0.29, 0.717) is 49.5 Å². The molecule has 0 atom stereocenters. The molecule has 5 rings (SSSR count). The lowest BCUT2D eigenvalue weighted by atomic mass is 9.78. The monoisotopic (exact) mass is 529 g/mol. The summed E-state index contributed by atoms with van der Waals surface area (Å²) < 4.78 is 34.9. The number of likely N-dealkylation sites (tertiary alicyclic amines) is 1. The van der Waals surface area contributed by atoms with E-state index in [9.17, 15) is 13.2 Å². The van der Waals surface area contributed by atoms with Gasteiger partial charge in [-0.15, -0.1) is 11.3 Å². The molecule has 2 fully saturated rings. The van der Waals surface area contributed by atoms with Crippen molar-refractivity contribution in [3.8, 4) is 5.88 Å². The number of rotatable bonds is 4. The van der Waals surface area contributed by atoms with Crippen molar-refractivity contribution >= 4 is 55.4 Å². The molecule has 0 saturated carbocycles. The summed E-state index contributed by atoms with van der Waals surface area (Å²) in [5.74, 6) is 0.148. The van der Waals surface area contributed by atoms with Crippen molar-refractivity contribution in [2.45, 2.75) is 24.3 Å². The summed E-state index contributed by atoms with van der Waals surface area (Å²) in [4.78, 5) is 23.5. The van der Waals surface area contributed by atoms with Gasteiger partial charge >= 0.3 is 0 Å². The Hall–Kier alpha value is -1.92. The molecule has 1 spiro atoms. The van der Waals surface area contributed by atoms with Gasteiger partial charge in [0.15, 0.2) is 15.1 Å². The Kier molecular flexibility index (Phi) is 5.81. The van der Waals surface area contributed by atoms with Crippen LogP contribution in [-0.4, -0.2) is 71.2 Å². The van der Waals surface area contributed by atoms with Crippen molar-refractivity contribution in [3.63, 3.8) is 0 Å². The van der Waals surface area contributed by atoms with Crippen LogP contribution in [0.5, 0.6) is 5.88 Å². The van der Waals surface area contributed by atoms with Crippen LogP contribution in [-0.2, 0) is 10.0 Å². The Bertz CT molecular complexity index is 1330. The lowest BCUT2D eigenvalue weighted by molar-refractivity contribution is 0.0599. The van der Waals surface area contributed by atoms with E-state index >= 15 is 0 Å². The first-order valence-electron chi connectivity index (χ1n) is 10.3. The zero-order chi connectivity index (χ0) is 23.4. The van der Waals surface area contributed by atoms with Crippen LogP contribution in [0.2, 0.25) is 10.3 Å². The number of imidazole rings is 1. The van der Waals surface area contributed by atoms with E-state index in [1.54, 1.807) is 22.5 Å². The lowest BCUT2D eigenvalue weighted by Gasteiger charge is -2.39. The second-order valence-corrected chi connectivity index (χ2v) is 11.8. The van der Waals surface area contributed by atoms with E-state index in [-0.39, 0.29) is 32.5 Å². The van der Waals surface area contributed by atoms with Crippen LogP contribution in [0.25, 0.3) is 4.96 Å². The van der Waals surface area contributed by atoms with Gasteiger partial charge in [-0.3, -0.25) is 9.20 Å². The molecule has 33 heavy (non-hydrogen) atoms. The number of aromatic nitrogens is 3. The predicted octanol–water partition coefficient (Wildman–Crippen LogP) is 3.42. The molecular weight excluding hydrogens is 509 g/mol. The smallest absolute Gasteiger partial charge is 0.262 e. The van der Waals surface area contributed by atoms with Crippen LogP contribution in [0.1, 0.15) is 29.6 Å². The number of amides is 1. The van der Waals surface area contributed by atoms with Crippen LogP contribution in [0.15, 0.2) is 28.7 Å². The summed E-state index contributed by atoms with van der Waals surface area (Å²) >= 11 is 13.5. The fraction of sp³-hybridized carbons (Fsp3) is 0.450. The van der Waals surface area contributed by atoms with E-state index in [2.05, 4.69) is 9.97 Å². The van der Waals surface area contributed by atoms with Gasteiger partial charge in [0.2, 0.25) is 5.88 Å². The largest absolute Gasteiger partial charge is 0.481 e. The van der Waals surface area contributed by atoms with E-state index in [0.717, 1.165) is 6.42 Å². The minimum Gasteiger partial charge on any atom is -0.481 e. The van der Waals surface area contributed by atoms with Gasteiger partial charge in [-0.25, -0.2) is 18.4 Å². The SMILES string of the molecule is COc1cc(C(=O)N2CCC3(CC2)CCN(S(=O)(=O)c2c(Cl)nc4sccn24)C3)cc(Cl)n1. The maximum absolute atomic E-state index is 13.4. The molecule has 3 aromatic heterocycles. The summed E-state index contributed by atoms with van der Waals surface area (Å²) in [6.07, 6.45) is 3.85. The minimum absolute atomic E-state index is 0.00495. The minimum atomic E-state index is -3.79. The Balaban J connectivity index is 1.29. The molecule has 0 unspecified atom stereocenters. The second-order valence-electron chi connectivity index (χ2n) is 8.37. The van der Waals surface area contributed by atoms with E-state index in [1.165, 1.54) is 33.2 Å². The van der Waals surface area contributed by atoms with Crippen LogP contribution < -0.4 is 4.74 Å². The number of sulfonamides is 1. The predicted molar refractivity (Wildman–Crippen MR) is 125 cm³/mol. The molecule has 0 bridgehead atoms. The van der Waals surface area contributed by atoms with Crippen molar-refractivity contribution in [3.05, 3.63) is 39.6 Å². The highest BCUT2D eigenvalue weighted by atomic mass is 35.5. The van der Waals surface area contributed by atoms with Crippen molar-refractivity contribution in [2.75, 3.05) is 33.3 Å². The molecule has 1 amide bonds. The fourth-order valence-corrected chi connectivity index (χ4v) is 7.83. The van der Waals surface area contributed by atoms with Crippen LogP contribution in [0, 0.1) is 5.41 Å². The van der Waals surface area contributed by atoms with Crippen molar-refractivity contribution in [1.29, 1.82) is 0 Å². The highest BCUT2D eigenvalue weighted by molar-refractivity contribution is 7.89. The summed E-state index contributed by atoms with van der Waals surface area (Å²) in [5, 5.41) is 1.99. The molecule has 5 heterocycles. The Morgan fingerprint density at radius 3 is 2.61 bits per heavy atom. The van der Waals surface area contributed by atoms with E-state index in [1.807, 2.05) is 0 Å². The first-order valence-corrected chi connectivity index (χ1v) is 13.4. The molecule has 13 heteroatoms. The Morgan fingerprint density at radius 1 is 1.15 bits per heavy atom. The maximum atomic E-state index is 13.4. The number of hydrogen-bond acceptors (Lipinski definition) is 7. The van der Waals surface area contributed by atoms with E-state index < -0.39 is 10.0 Å². The summed E-state index contributed by atoms with van der Waals surface area (Å²) in [6, 6.07) is 3.10. The number of halogens is 2. The third-order valence-corrected chi connectivity index (χ3v) is 9.70. The topological polar surface area (TPSA) is 97.1 Å². The fourth-order valence-electron chi connectivity index (χ4n) is 4.67. The molecule has 2 saturated heterocycles. The van der Waals surface area contributed by atoms with Crippen molar-refractivity contribution in [1.82, 2.24) is 23.6 Å². The molecule has 0 aromatic carbocycles. The molecule has 2 aliphatic rings. The highest BCUT2D eigenvalue weighted by Gasteiger charge is 2.46. The van der Waals surface area contributed by atoms with Crippen molar-refractivity contribution < 1.29 is 17.9 Å². The molecule has 2 aliphatic heterocycles. The number of hydrogen-bond donors (Lipinski definition) is 0. The number of carbonyl (C=O) groups excluding carboxylic acids is 1. The third kappa shape index (κ3) is 3.99. The number of ether oxygens (including phenoxy) is 1. The molecule has 0 radical (unpaired) electrons. The zero-order valence-corrected chi connectivity index (χ0v) is 20.8. The summed E-state index contributed by atoms with van der Waals surface area (Å²) in [6.45, 7) is 1.90. The zero-order valence-electron chi connectivity index (χ0n) is 17.7. The average Bonchev–Trinajstić information content (AvgIpc) is 3.48. The van der Waals surface area contributed by atoms with E-state index in [4.69, 9.17) is 27.9 Å². The maximum Gasteiger partial charge on any atom is 0.262 e. The standard InChI is InChI=1S/C20H21Cl2N5O4S2/c1-31-15-11-13(10-14(21)23-15)17(28)25-5-2-20(3-6-25)4-7-26(12-20)33(29,30)18-16(22)24-19-27(18)8-9-32-19/h8-11H,2-7,12H2,1H3. The van der Waals surface area contributed by atoms with Gasteiger partial charge in [-0.2, -0.15) is 4.31 Å². The first-order chi connectivity index (χ1) is 15.7. The van der Waals surface area contributed by atoms with Gasteiger partial charge in [0.05, 0.1) is 7.11 Å². The first kappa shape index (κ1) is 22.9. The number of thiazole rings is 1. The third-order valence-electron chi connectivity index (χ3n) is 6.50. The van der Waals surface area contributed by atoms with Gasteiger partial charge in [0.25, 0.3) is 15.9 Å². The number of piperidine rings is 1. The molecule has 0 aliphatic carbocycles. The Labute approximate surface area is 204 Å². The number of nitrogens with zero attached hydrogens (tertiary/aromatic N) is 5. The molecule has 0 N–H and O–H groups in total. The summed E-state index contributed by atoms with van der Waals surface area (Å²) in [5.41, 5.74) is 0.260. The van der Waals surface area contributed by atoms with Gasteiger partial charge < -0.3 is 9.64 Å². The van der Waals surface area contributed by atoms with Gasteiger partial charge in [-0.05, 0) is 30.7 Å². The highest BCUT2D eigenvalue weighted by Crippen LogP contribution is 2.43. The second kappa shape index (κ2) is 8.38. The number of methoxy groups -OCH3 is 1. The molecule has 176 valence electrons. The van der Waals surface area contributed by atoms with Crippen LogP contribution in [0.3, 0.4) is 0 Å². The average molecular weight is 530 g/mol. The number of pyridine rings is 1. The molecule has 9 nitrogen and oxygen atoms in total.